The Balaban J connectivity index is 1.95. The maximum Gasteiger partial charge on any atom is 0.307 e. The molecule has 1 aliphatic carbocycles. The number of aryl methyl sites for hydroxylation is 1. The third-order valence-corrected chi connectivity index (χ3v) is 3.67. The molecule has 0 saturated heterocycles. The number of carboxylic acid groups (broad SMARTS) is 1. The number of hydrogen-bond acceptors (Lipinski definition) is 2. The molecule has 1 amide bonds. The minimum absolute atomic E-state index is 0.178. The number of aliphatic carboxylic acids is 1. The second kappa shape index (κ2) is 6.37. The van der Waals surface area contributed by atoms with E-state index in [-0.39, 0.29) is 5.91 Å². The molecule has 0 fully saturated rings. The Hall–Kier alpha value is -2.10. The van der Waals surface area contributed by atoms with E-state index in [1.54, 1.807) is 0 Å². The van der Waals surface area contributed by atoms with Gasteiger partial charge in [-0.2, -0.15) is 0 Å². The van der Waals surface area contributed by atoms with Crippen LogP contribution in [0.3, 0.4) is 0 Å². The lowest BCUT2D eigenvalue weighted by Crippen LogP contribution is -2.38. The zero-order valence-electron chi connectivity index (χ0n) is 11.5. The molecule has 0 unspecified atom stereocenters. The molecular weight excluding hydrogens is 254 g/mol. The summed E-state index contributed by atoms with van der Waals surface area (Å²) in [6.45, 7) is 2.44. The molecule has 4 heteroatoms. The quantitative estimate of drug-likeness (QED) is 0.827. The van der Waals surface area contributed by atoms with Gasteiger partial charge < -0.3 is 10.4 Å². The minimum atomic E-state index is -0.898. The molecular formula is C16H19NO3. The topological polar surface area (TPSA) is 66.4 Å². The fourth-order valence-electron chi connectivity index (χ4n) is 2.40. The van der Waals surface area contributed by atoms with Gasteiger partial charge in [0, 0.05) is 6.54 Å². The Morgan fingerprint density at radius 3 is 2.35 bits per heavy atom. The van der Waals surface area contributed by atoms with E-state index in [4.69, 9.17) is 5.11 Å². The largest absolute Gasteiger partial charge is 0.481 e. The van der Waals surface area contributed by atoms with E-state index in [9.17, 15) is 9.59 Å². The zero-order valence-corrected chi connectivity index (χ0v) is 11.5. The van der Waals surface area contributed by atoms with Gasteiger partial charge in [0.15, 0.2) is 0 Å². The molecule has 0 radical (unpaired) electrons. The van der Waals surface area contributed by atoms with Crippen molar-refractivity contribution in [1.82, 2.24) is 5.32 Å². The van der Waals surface area contributed by atoms with Crippen LogP contribution >= 0.6 is 0 Å². The molecule has 0 saturated carbocycles. The number of carbonyl (C=O) groups is 2. The molecule has 1 aromatic rings. The summed E-state index contributed by atoms with van der Waals surface area (Å²) >= 11 is 0. The highest BCUT2D eigenvalue weighted by molar-refractivity contribution is 5.85. The van der Waals surface area contributed by atoms with Gasteiger partial charge >= 0.3 is 5.97 Å². The van der Waals surface area contributed by atoms with E-state index in [0.29, 0.717) is 19.4 Å². The molecule has 0 spiro atoms. The highest BCUT2D eigenvalue weighted by atomic mass is 16.4. The van der Waals surface area contributed by atoms with Crippen LogP contribution in [0, 0.1) is 18.8 Å². The van der Waals surface area contributed by atoms with E-state index in [0.717, 1.165) is 5.56 Å². The third kappa shape index (κ3) is 3.47. The van der Waals surface area contributed by atoms with E-state index in [1.807, 2.05) is 43.3 Å². The smallest absolute Gasteiger partial charge is 0.307 e. The van der Waals surface area contributed by atoms with Crippen LogP contribution in [0.25, 0.3) is 0 Å². The maximum absolute atomic E-state index is 12.1. The van der Waals surface area contributed by atoms with E-state index in [2.05, 4.69) is 5.32 Å². The molecule has 0 bridgehead atoms. The number of benzene rings is 1. The van der Waals surface area contributed by atoms with Crippen molar-refractivity contribution in [1.29, 1.82) is 0 Å². The Bertz CT molecular complexity index is 519. The summed E-state index contributed by atoms with van der Waals surface area (Å²) in [7, 11) is 0. The molecule has 2 atom stereocenters. The Morgan fingerprint density at radius 2 is 1.75 bits per heavy atom. The van der Waals surface area contributed by atoms with Crippen LogP contribution in [0.4, 0.5) is 0 Å². The summed E-state index contributed by atoms with van der Waals surface area (Å²) in [6.07, 6.45) is 4.65. The zero-order chi connectivity index (χ0) is 14.5. The maximum atomic E-state index is 12.1. The summed E-state index contributed by atoms with van der Waals surface area (Å²) < 4.78 is 0. The lowest BCUT2D eigenvalue weighted by molar-refractivity contribution is -0.147. The van der Waals surface area contributed by atoms with Crippen molar-refractivity contribution in [3.8, 4) is 0 Å². The first-order valence-corrected chi connectivity index (χ1v) is 6.79. The van der Waals surface area contributed by atoms with Crippen LogP contribution in [-0.2, 0) is 16.1 Å². The number of hydrogen-bond donors (Lipinski definition) is 2. The summed E-state index contributed by atoms with van der Waals surface area (Å²) in [5, 5.41) is 12.0. The average Bonchev–Trinajstić information content (AvgIpc) is 2.46. The Kier molecular flexibility index (Phi) is 4.56. The van der Waals surface area contributed by atoms with E-state index in [1.165, 1.54) is 5.56 Å². The lowest BCUT2D eigenvalue weighted by Gasteiger charge is -2.24. The fourth-order valence-corrected chi connectivity index (χ4v) is 2.40. The van der Waals surface area contributed by atoms with Crippen molar-refractivity contribution >= 4 is 11.9 Å². The summed E-state index contributed by atoms with van der Waals surface area (Å²) in [5.41, 5.74) is 2.19. The van der Waals surface area contributed by atoms with Crippen molar-refractivity contribution in [3.05, 3.63) is 47.5 Å². The van der Waals surface area contributed by atoms with Crippen molar-refractivity contribution in [2.75, 3.05) is 0 Å². The van der Waals surface area contributed by atoms with Crippen molar-refractivity contribution in [2.45, 2.75) is 26.3 Å². The summed E-state index contributed by atoms with van der Waals surface area (Å²) in [6, 6.07) is 7.91. The molecule has 4 nitrogen and oxygen atoms in total. The number of carboxylic acids is 1. The lowest BCUT2D eigenvalue weighted by atomic mass is 9.82. The number of rotatable bonds is 4. The number of nitrogens with one attached hydrogen (secondary N) is 1. The van der Waals surface area contributed by atoms with Gasteiger partial charge in [0.2, 0.25) is 5.91 Å². The molecule has 2 rings (SSSR count). The van der Waals surface area contributed by atoms with Gasteiger partial charge in [-0.15, -0.1) is 0 Å². The van der Waals surface area contributed by atoms with Crippen LogP contribution in [0.2, 0.25) is 0 Å². The molecule has 106 valence electrons. The Morgan fingerprint density at radius 1 is 1.15 bits per heavy atom. The van der Waals surface area contributed by atoms with Gasteiger partial charge in [-0.25, -0.2) is 0 Å². The van der Waals surface area contributed by atoms with Gasteiger partial charge in [0.05, 0.1) is 11.8 Å². The molecule has 2 N–H and O–H groups in total. The predicted molar refractivity (Wildman–Crippen MR) is 76.0 cm³/mol. The van der Waals surface area contributed by atoms with E-state index >= 15 is 0 Å². The normalized spacial score (nSPS) is 21.4. The Labute approximate surface area is 118 Å². The predicted octanol–water partition coefficient (Wildman–Crippen LogP) is 2.28. The summed E-state index contributed by atoms with van der Waals surface area (Å²) in [5.74, 6) is -2.16. The van der Waals surface area contributed by atoms with Crippen LogP contribution in [0.5, 0.6) is 0 Å². The van der Waals surface area contributed by atoms with Crippen LogP contribution in [0.15, 0.2) is 36.4 Å². The van der Waals surface area contributed by atoms with Gasteiger partial charge in [0.1, 0.15) is 0 Å². The molecule has 1 aliphatic rings. The van der Waals surface area contributed by atoms with Crippen LogP contribution in [-0.4, -0.2) is 17.0 Å². The third-order valence-electron chi connectivity index (χ3n) is 3.67. The second-order valence-corrected chi connectivity index (χ2v) is 5.20. The van der Waals surface area contributed by atoms with Crippen LogP contribution < -0.4 is 5.32 Å². The molecule has 1 aromatic carbocycles. The number of carbonyl (C=O) groups excluding carboxylic acids is 1. The number of allylic oxidation sites excluding steroid dienone is 2. The monoisotopic (exact) mass is 273 g/mol. The van der Waals surface area contributed by atoms with E-state index < -0.39 is 17.8 Å². The summed E-state index contributed by atoms with van der Waals surface area (Å²) in [4.78, 5) is 23.3. The SMILES string of the molecule is Cc1ccc(CNC(=O)[C@@H]2CC=CC[C@H]2C(=O)O)cc1. The van der Waals surface area contributed by atoms with Crippen molar-refractivity contribution < 1.29 is 14.7 Å². The van der Waals surface area contributed by atoms with Crippen molar-refractivity contribution in [3.63, 3.8) is 0 Å². The second-order valence-electron chi connectivity index (χ2n) is 5.20. The standard InChI is InChI=1S/C16H19NO3/c1-11-6-8-12(9-7-11)10-17-15(18)13-4-2-3-5-14(13)16(19)20/h2-3,6-9,13-14H,4-5,10H2,1H3,(H,17,18)(H,19,20)/t13-,14-/m1/s1. The molecule has 0 aliphatic heterocycles. The van der Waals surface area contributed by atoms with Gasteiger partial charge in [-0.3, -0.25) is 9.59 Å². The van der Waals surface area contributed by atoms with Crippen LogP contribution in [0.1, 0.15) is 24.0 Å². The number of amides is 1. The average molecular weight is 273 g/mol. The van der Waals surface area contributed by atoms with Gasteiger partial charge in [-0.05, 0) is 25.3 Å². The first-order chi connectivity index (χ1) is 9.58. The first kappa shape index (κ1) is 14.3. The van der Waals surface area contributed by atoms with Gasteiger partial charge in [0.25, 0.3) is 0 Å². The molecule has 0 aromatic heterocycles. The minimum Gasteiger partial charge on any atom is -0.481 e. The highest BCUT2D eigenvalue weighted by Gasteiger charge is 2.33. The van der Waals surface area contributed by atoms with Crippen molar-refractivity contribution in [2.24, 2.45) is 11.8 Å². The molecule has 20 heavy (non-hydrogen) atoms. The first-order valence-electron chi connectivity index (χ1n) is 6.79. The fraction of sp³-hybridized carbons (Fsp3) is 0.375. The highest BCUT2D eigenvalue weighted by Crippen LogP contribution is 2.26. The molecule has 0 heterocycles. The van der Waals surface area contributed by atoms with Gasteiger partial charge in [-0.1, -0.05) is 42.0 Å².